The minimum Gasteiger partial charge on any atom is -0.452 e. The fraction of sp³-hybridized carbons (Fsp3) is 0.316. The van der Waals surface area contributed by atoms with Gasteiger partial charge in [0.2, 0.25) is 5.89 Å². The number of nitrogens with zero attached hydrogens (tertiary/aromatic N) is 4. The molecule has 0 fully saturated rings. The quantitative estimate of drug-likeness (QED) is 0.558. The average Bonchev–Trinajstić information content (AvgIpc) is 3.29. The topological polar surface area (TPSA) is 112 Å². The Morgan fingerprint density at radius 2 is 2.00 bits per heavy atom. The molecule has 0 saturated carbocycles. The molecule has 29 heavy (non-hydrogen) atoms. The zero-order valence-corrected chi connectivity index (χ0v) is 16.8. The number of benzene rings is 1. The number of anilines is 1. The second kappa shape index (κ2) is 9.33. The van der Waals surface area contributed by atoms with E-state index >= 15 is 0 Å². The molecule has 0 bridgehead atoms. The zero-order valence-electron chi connectivity index (χ0n) is 16.0. The van der Waals surface area contributed by atoms with Crippen molar-refractivity contribution in [2.75, 3.05) is 11.9 Å². The summed E-state index contributed by atoms with van der Waals surface area (Å²) >= 11 is 6.23. The predicted octanol–water partition coefficient (Wildman–Crippen LogP) is 3.49. The van der Waals surface area contributed by atoms with E-state index in [2.05, 4.69) is 20.6 Å². The largest absolute Gasteiger partial charge is 0.452 e. The van der Waals surface area contributed by atoms with Crippen molar-refractivity contribution < 1.29 is 18.7 Å². The molecule has 1 amide bonds. The predicted molar refractivity (Wildman–Crippen MR) is 106 cm³/mol. The van der Waals surface area contributed by atoms with Crippen LogP contribution in [0.25, 0.3) is 11.5 Å². The molecule has 1 N–H and O–H groups in total. The van der Waals surface area contributed by atoms with Crippen molar-refractivity contribution in [2.24, 2.45) is 0 Å². The molecule has 3 aromatic rings. The monoisotopic (exact) mass is 417 g/mol. The van der Waals surface area contributed by atoms with E-state index < -0.39 is 18.5 Å². The fourth-order valence-corrected chi connectivity index (χ4v) is 2.91. The summed E-state index contributed by atoms with van der Waals surface area (Å²) in [6, 6.07) is 9.02. The second-order valence-electron chi connectivity index (χ2n) is 6.23. The molecule has 10 heteroatoms. The Kier molecular flexibility index (Phi) is 6.61. The van der Waals surface area contributed by atoms with E-state index in [1.807, 2.05) is 25.1 Å². The van der Waals surface area contributed by atoms with Gasteiger partial charge in [0.15, 0.2) is 6.61 Å². The summed E-state index contributed by atoms with van der Waals surface area (Å²) in [4.78, 5) is 24.4. The lowest BCUT2D eigenvalue weighted by atomic mass is 10.2. The van der Waals surface area contributed by atoms with Gasteiger partial charge in [0.05, 0.1) is 5.69 Å². The highest BCUT2D eigenvalue weighted by Gasteiger charge is 2.22. The smallest absolute Gasteiger partial charge is 0.343 e. The molecular formula is C19H20ClN5O4. The minimum atomic E-state index is -0.721. The average molecular weight is 418 g/mol. The van der Waals surface area contributed by atoms with Gasteiger partial charge in [0.1, 0.15) is 10.7 Å². The van der Waals surface area contributed by atoms with Crippen molar-refractivity contribution >= 4 is 29.5 Å². The first kappa shape index (κ1) is 20.5. The van der Waals surface area contributed by atoms with Gasteiger partial charge in [-0.15, -0.1) is 5.10 Å². The molecule has 0 unspecified atom stereocenters. The Bertz CT molecular complexity index is 999. The number of rotatable bonds is 8. The van der Waals surface area contributed by atoms with Crippen LogP contribution in [0, 0.1) is 6.92 Å². The molecule has 0 saturated heterocycles. The molecule has 0 aliphatic rings. The number of carbonyl (C=O) groups excluding carboxylic acids is 2. The summed E-state index contributed by atoms with van der Waals surface area (Å²) in [6.45, 7) is 3.78. The van der Waals surface area contributed by atoms with Gasteiger partial charge in [-0.25, -0.2) is 4.79 Å². The number of hydrogen-bond acceptors (Lipinski definition) is 7. The maximum absolute atomic E-state index is 12.3. The number of aryl methyl sites for hydroxylation is 2. The maximum atomic E-state index is 12.3. The standard InChI is InChI=1S/C19H20ClN5O4/c1-3-4-10-25-16(20)15(12(2)24-25)18(27)28-11-14(26)21-19-23-22-17(29-19)13-8-6-5-7-9-13/h5-9H,3-4,10-11H2,1-2H3,(H,21,23,26). The number of ether oxygens (including phenoxy) is 1. The summed E-state index contributed by atoms with van der Waals surface area (Å²) in [6.07, 6.45) is 1.85. The van der Waals surface area contributed by atoms with Gasteiger partial charge in [-0.1, -0.05) is 48.2 Å². The molecule has 0 atom stereocenters. The highest BCUT2D eigenvalue weighted by molar-refractivity contribution is 6.32. The summed E-state index contributed by atoms with van der Waals surface area (Å²) in [5.41, 5.74) is 1.32. The van der Waals surface area contributed by atoms with Gasteiger partial charge in [0, 0.05) is 12.1 Å². The van der Waals surface area contributed by atoms with E-state index in [0.717, 1.165) is 18.4 Å². The molecule has 0 radical (unpaired) electrons. The number of hydrogen-bond donors (Lipinski definition) is 1. The third kappa shape index (κ3) is 5.00. The first-order valence-corrected chi connectivity index (χ1v) is 9.46. The van der Waals surface area contributed by atoms with Gasteiger partial charge in [-0.3, -0.25) is 14.8 Å². The van der Waals surface area contributed by atoms with Gasteiger partial charge in [-0.2, -0.15) is 5.10 Å². The molecule has 152 valence electrons. The van der Waals surface area contributed by atoms with Gasteiger partial charge in [-0.05, 0) is 25.5 Å². The van der Waals surface area contributed by atoms with Crippen LogP contribution in [0.1, 0.15) is 35.8 Å². The molecule has 1 aromatic carbocycles. The van der Waals surface area contributed by atoms with E-state index in [1.54, 1.807) is 23.7 Å². The molecule has 9 nitrogen and oxygen atoms in total. The van der Waals surface area contributed by atoms with Crippen molar-refractivity contribution in [1.29, 1.82) is 0 Å². The Balaban J connectivity index is 1.57. The Morgan fingerprint density at radius 1 is 1.24 bits per heavy atom. The maximum Gasteiger partial charge on any atom is 0.343 e. The molecule has 3 rings (SSSR count). The van der Waals surface area contributed by atoms with Gasteiger partial charge < -0.3 is 9.15 Å². The minimum absolute atomic E-state index is 0.0912. The van der Waals surface area contributed by atoms with Crippen LogP contribution in [0.5, 0.6) is 0 Å². The second-order valence-corrected chi connectivity index (χ2v) is 6.59. The van der Waals surface area contributed by atoms with Crippen molar-refractivity contribution in [3.63, 3.8) is 0 Å². The molecule has 0 aliphatic heterocycles. The van der Waals surface area contributed by atoms with E-state index in [0.29, 0.717) is 12.2 Å². The molecule has 0 aliphatic carbocycles. The van der Waals surface area contributed by atoms with Crippen molar-refractivity contribution in [3.05, 3.63) is 46.7 Å². The summed E-state index contributed by atoms with van der Waals surface area (Å²) < 4.78 is 12.0. The van der Waals surface area contributed by atoms with Crippen LogP contribution >= 0.6 is 11.6 Å². The lowest BCUT2D eigenvalue weighted by Crippen LogP contribution is -2.21. The van der Waals surface area contributed by atoms with Crippen LogP contribution in [0.3, 0.4) is 0 Å². The zero-order chi connectivity index (χ0) is 20.8. The lowest BCUT2D eigenvalue weighted by Gasteiger charge is -2.04. The third-order valence-electron chi connectivity index (χ3n) is 4.02. The molecule has 2 heterocycles. The number of halogens is 1. The van der Waals surface area contributed by atoms with Gasteiger partial charge in [0.25, 0.3) is 5.91 Å². The Morgan fingerprint density at radius 3 is 2.72 bits per heavy atom. The lowest BCUT2D eigenvalue weighted by molar-refractivity contribution is -0.119. The molecule has 0 spiro atoms. The fourth-order valence-electron chi connectivity index (χ4n) is 2.57. The number of amides is 1. The summed E-state index contributed by atoms with van der Waals surface area (Å²) in [5, 5.41) is 14.5. The van der Waals surface area contributed by atoms with Crippen LogP contribution in [-0.2, 0) is 16.1 Å². The van der Waals surface area contributed by atoms with Crippen LogP contribution in [0.2, 0.25) is 5.15 Å². The van der Waals surface area contributed by atoms with Crippen LogP contribution < -0.4 is 5.32 Å². The van der Waals surface area contributed by atoms with Crippen LogP contribution in [-0.4, -0.2) is 38.5 Å². The van der Waals surface area contributed by atoms with Crippen molar-refractivity contribution in [3.8, 4) is 11.5 Å². The highest BCUT2D eigenvalue weighted by Crippen LogP contribution is 2.22. The third-order valence-corrected chi connectivity index (χ3v) is 4.40. The van der Waals surface area contributed by atoms with E-state index in [9.17, 15) is 9.59 Å². The molecule has 2 aromatic heterocycles. The first-order valence-electron chi connectivity index (χ1n) is 9.08. The summed E-state index contributed by atoms with van der Waals surface area (Å²) in [5.74, 6) is -1.07. The van der Waals surface area contributed by atoms with Gasteiger partial charge >= 0.3 is 12.0 Å². The van der Waals surface area contributed by atoms with E-state index in [-0.39, 0.29) is 22.6 Å². The first-order chi connectivity index (χ1) is 14.0. The number of esters is 1. The SMILES string of the molecule is CCCCn1nc(C)c(C(=O)OCC(=O)Nc2nnc(-c3ccccc3)o2)c1Cl. The van der Waals surface area contributed by atoms with Crippen LogP contribution in [0.4, 0.5) is 6.01 Å². The molecular weight excluding hydrogens is 398 g/mol. The Labute approximate surface area is 172 Å². The van der Waals surface area contributed by atoms with Crippen molar-refractivity contribution in [1.82, 2.24) is 20.0 Å². The number of aromatic nitrogens is 4. The normalized spacial score (nSPS) is 10.7. The Hall–Kier alpha value is -3.20. The highest BCUT2D eigenvalue weighted by atomic mass is 35.5. The number of unbranched alkanes of at least 4 members (excludes halogenated alkanes) is 1. The summed E-state index contributed by atoms with van der Waals surface area (Å²) in [7, 11) is 0. The number of carbonyl (C=O) groups is 2. The van der Waals surface area contributed by atoms with Crippen molar-refractivity contribution in [2.45, 2.75) is 33.2 Å². The van der Waals surface area contributed by atoms with E-state index in [1.165, 1.54) is 0 Å². The van der Waals surface area contributed by atoms with E-state index in [4.69, 9.17) is 20.8 Å². The van der Waals surface area contributed by atoms with Crippen LogP contribution in [0.15, 0.2) is 34.7 Å². The number of nitrogens with one attached hydrogen (secondary N) is 1.